The Balaban J connectivity index is 1.65. The van der Waals surface area contributed by atoms with Crippen molar-refractivity contribution >= 4 is 16.8 Å². The van der Waals surface area contributed by atoms with E-state index in [0.29, 0.717) is 18.9 Å². The molecule has 0 bridgehead atoms. The second-order valence-corrected chi connectivity index (χ2v) is 9.48. The summed E-state index contributed by atoms with van der Waals surface area (Å²) in [5.74, 6) is 0.669. The lowest BCUT2D eigenvalue weighted by Crippen LogP contribution is -2.47. The summed E-state index contributed by atoms with van der Waals surface area (Å²) in [6, 6.07) is 16.7. The normalized spacial score (nSPS) is 12.5. The number of benzene rings is 2. The van der Waals surface area contributed by atoms with Crippen molar-refractivity contribution in [1.29, 1.82) is 0 Å². The molecule has 0 aliphatic rings. The van der Waals surface area contributed by atoms with Gasteiger partial charge in [0.25, 0.3) is 0 Å². The van der Waals surface area contributed by atoms with Crippen LogP contribution in [-0.4, -0.2) is 48.0 Å². The number of carbonyl (C=O) groups is 1. The summed E-state index contributed by atoms with van der Waals surface area (Å²) in [6.07, 6.45) is 5.81. The molecule has 1 amide bonds. The van der Waals surface area contributed by atoms with Crippen molar-refractivity contribution in [2.45, 2.75) is 66.0 Å². The van der Waals surface area contributed by atoms with E-state index in [2.05, 4.69) is 90.7 Å². The molecule has 1 aromatic heterocycles. The minimum Gasteiger partial charge on any atom is -0.361 e. The molecule has 0 aliphatic carbocycles. The first kappa shape index (κ1) is 27.0. The van der Waals surface area contributed by atoms with Crippen molar-refractivity contribution in [1.82, 2.24) is 20.5 Å². The van der Waals surface area contributed by atoms with Crippen LogP contribution in [0.4, 0.5) is 0 Å². The number of amides is 1. The SMILES string of the molecule is CCC(CC)CNC(Cc1c[nH]c2ccccc12)C(=O)NCCc1ccccc1CN(CC)CC. The zero-order valence-electron chi connectivity index (χ0n) is 22.1. The molecule has 3 N–H and O–H groups in total. The number of fused-ring (bicyclic) bond motifs is 1. The Hall–Kier alpha value is -2.63. The molecule has 1 unspecified atom stereocenters. The molecule has 190 valence electrons. The van der Waals surface area contributed by atoms with Crippen LogP contribution in [0.3, 0.4) is 0 Å². The number of aromatic amines is 1. The van der Waals surface area contributed by atoms with Gasteiger partial charge in [-0.05, 0) is 61.2 Å². The first-order valence-electron chi connectivity index (χ1n) is 13.4. The Bertz CT molecular complexity index is 1040. The monoisotopic (exact) mass is 476 g/mol. The van der Waals surface area contributed by atoms with Crippen LogP contribution in [0.2, 0.25) is 0 Å². The molecule has 0 aliphatic heterocycles. The summed E-state index contributed by atoms with van der Waals surface area (Å²) < 4.78 is 0. The van der Waals surface area contributed by atoms with Crippen LogP contribution in [0, 0.1) is 5.92 Å². The Labute approximate surface area is 211 Å². The van der Waals surface area contributed by atoms with Gasteiger partial charge in [-0.25, -0.2) is 0 Å². The van der Waals surface area contributed by atoms with Crippen molar-refractivity contribution < 1.29 is 4.79 Å². The summed E-state index contributed by atoms with van der Waals surface area (Å²) in [5.41, 5.74) is 4.97. The molecule has 3 rings (SSSR count). The molecule has 2 aromatic carbocycles. The second-order valence-electron chi connectivity index (χ2n) is 9.48. The van der Waals surface area contributed by atoms with E-state index in [1.165, 1.54) is 22.1 Å². The van der Waals surface area contributed by atoms with E-state index in [4.69, 9.17) is 0 Å². The molecule has 3 aromatic rings. The van der Waals surface area contributed by atoms with Crippen LogP contribution in [0.25, 0.3) is 10.9 Å². The number of nitrogens with zero attached hydrogens (tertiary/aromatic N) is 1. The topological polar surface area (TPSA) is 60.2 Å². The van der Waals surface area contributed by atoms with Gasteiger partial charge < -0.3 is 15.6 Å². The lowest BCUT2D eigenvalue weighted by molar-refractivity contribution is -0.123. The third-order valence-electron chi connectivity index (χ3n) is 7.32. The quantitative estimate of drug-likeness (QED) is 0.279. The van der Waals surface area contributed by atoms with Crippen molar-refractivity contribution in [3.05, 3.63) is 71.4 Å². The minimum atomic E-state index is -0.249. The molecule has 0 saturated heterocycles. The summed E-state index contributed by atoms with van der Waals surface area (Å²) in [4.78, 5) is 19.1. The first-order chi connectivity index (χ1) is 17.1. The average molecular weight is 477 g/mol. The molecule has 0 spiro atoms. The fourth-order valence-corrected chi connectivity index (χ4v) is 4.75. The highest BCUT2D eigenvalue weighted by Gasteiger charge is 2.21. The van der Waals surface area contributed by atoms with E-state index in [9.17, 15) is 4.79 Å². The predicted octanol–water partition coefficient (Wildman–Crippen LogP) is 5.31. The molecule has 35 heavy (non-hydrogen) atoms. The molecule has 0 fully saturated rings. The van der Waals surface area contributed by atoms with Crippen LogP contribution in [0.1, 0.15) is 57.2 Å². The number of aromatic nitrogens is 1. The molecule has 1 heterocycles. The molecule has 1 atom stereocenters. The third kappa shape index (κ3) is 7.68. The molecule has 0 radical (unpaired) electrons. The summed E-state index contributed by atoms with van der Waals surface area (Å²) in [5, 5.41) is 8.02. The zero-order chi connectivity index (χ0) is 25.0. The number of H-pyrrole nitrogens is 1. The zero-order valence-corrected chi connectivity index (χ0v) is 22.1. The number of carbonyl (C=O) groups excluding carboxylic acids is 1. The van der Waals surface area contributed by atoms with E-state index in [0.717, 1.165) is 51.0 Å². The maximum atomic E-state index is 13.3. The van der Waals surface area contributed by atoms with E-state index >= 15 is 0 Å². The number of rotatable bonds is 15. The van der Waals surface area contributed by atoms with Gasteiger partial charge in [0, 0.05) is 30.2 Å². The number of nitrogens with one attached hydrogen (secondary N) is 3. The molecule has 5 heteroatoms. The Kier molecular flexibility index (Phi) is 10.8. The van der Waals surface area contributed by atoms with Gasteiger partial charge in [-0.15, -0.1) is 0 Å². The molecule has 5 nitrogen and oxygen atoms in total. The summed E-state index contributed by atoms with van der Waals surface area (Å²) in [6.45, 7) is 13.4. The molecular weight excluding hydrogens is 432 g/mol. The molecule has 0 saturated carbocycles. The van der Waals surface area contributed by atoms with Crippen molar-refractivity contribution in [3.63, 3.8) is 0 Å². The minimum absolute atomic E-state index is 0.0856. The van der Waals surface area contributed by atoms with Gasteiger partial charge in [-0.3, -0.25) is 9.69 Å². The molecular formula is C30H44N4O. The van der Waals surface area contributed by atoms with Gasteiger partial charge >= 0.3 is 0 Å². The maximum Gasteiger partial charge on any atom is 0.237 e. The van der Waals surface area contributed by atoms with Gasteiger partial charge in [0.1, 0.15) is 0 Å². The predicted molar refractivity (Wildman–Crippen MR) is 148 cm³/mol. The van der Waals surface area contributed by atoms with Crippen molar-refractivity contribution in [2.24, 2.45) is 5.92 Å². The smallest absolute Gasteiger partial charge is 0.237 e. The van der Waals surface area contributed by atoms with E-state index in [1.807, 2.05) is 12.3 Å². The van der Waals surface area contributed by atoms with Crippen molar-refractivity contribution in [2.75, 3.05) is 26.2 Å². The number of para-hydroxylation sites is 1. The average Bonchev–Trinajstić information content (AvgIpc) is 3.30. The van der Waals surface area contributed by atoms with Crippen LogP contribution >= 0.6 is 0 Å². The highest BCUT2D eigenvalue weighted by Crippen LogP contribution is 2.19. The van der Waals surface area contributed by atoms with Crippen LogP contribution in [-0.2, 0) is 24.2 Å². The van der Waals surface area contributed by atoms with E-state index in [-0.39, 0.29) is 11.9 Å². The maximum absolute atomic E-state index is 13.3. The van der Waals surface area contributed by atoms with Gasteiger partial charge in [-0.2, -0.15) is 0 Å². The first-order valence-corrected chi connectivity index (χ1v) is 13.4. The largest absolute Gasteiger partial charge is 0.361 e. The van der Waals surface area contributed by atoms with Crippen LogP contribution in [0.15, 0.2) is 54.7 Å². The van der Waals surface area contributed by atoms with E-state index in [1.54, 1.807) is 0 Å². The lowest BCUT2D eigenvalue weighted by atomic mass is 10.0. The number of hydrogen-bond acceptors (Lipinski definition) is 3. The second kappa shape index (κ2) is 14.1. The Morgan fingerprint density at radius 1 is 0.914 bits per heavy atom. The van der Waals surface area contributed by atoms with Gasteiger partial charge in [0.15, 0.2) is 0 Å². The summed E-state index contributed by atoms with van der Waals surface area (Å²) >= 11 is 0. The lowest BCUT2D eigenvalue weighted by Gasteiger charge is -2.22. The van der Waals surface area contributed by atoms with Crippen LogP contribution < -0.4 is 10.6 Å². The fraction of sp³-hybridized carbons (Fsp3) is 0.500. The Morgan fingerprint density at radius 2 is 1.60 bits per heavy atom. The summed E-state index contributed by atoms with van der Waals surface area (Å²) in [7, 11) is 0. The standard InChI is InChI=1S/C30H44N4O/c1-5-23(6-2)20-32-29(19-26-21-33-28-16-12-11-15-27(26)28)30(35)31-18-17-24-13-9-10-14-25(24)22-34(7-3)8-4/h9-16,21,23,29,32-33H,5-8,17-20,22H2,1-4H3,(H,31,35). The van der Waals surface area contributed by atoms with Crippen LogP contribution in [0.5, 0.6) is 0 Å². The van der Waals surface area contributed by atoms with Gasteiger partial charge in [0.05, 0.1) is 6.04 Å². The fourth-order valence-electron chi connectivity index (χ4n) is 4.75. The third-order valence-corrected chi connectivity index (χ3v) is 7.32. The number of hydrogen-bond donors (Lipinski definition) is 3. The highest BCUT2D eigenvalue weighted by molar-refractivity contribution is 5.86. The van der Waals surface area contributed by atoms with E-state index < -0.39 is 0 Å². The van der Waals surface area contributed by atoms with Crippen molar-refractivity contribution in [3.8, 4) is 0 Å². The highest BCUT2D eigenvalue weighted by atomic mass is 16.2. The Morgan fingerprint density at radius 3 is 2.31 bits per heavy atom. The van der Waals surface area contributed by atoms with Gasteiger partial charge in [0.2, 0.25) is 5.91 Å². The van der Waals surface area contributed by atoms with Gasteiger partial charge in [-0.1, -0.05) is 83.0 Å².